The highest BCUT2D eigenvalue weighted by Crippen LogP contribution is 2.38. The fourth-order valence-corrected chi connectivity index (χ4v) is 3.85. The first-order valence-corrected chi connectivity index (χ1v) is 9.41. The lowest BCUT2D eigenvalue weighted by molar-refractivity contribution is -0.117. The maximum Gasteiger partial charge on any atom is 0.238 e. The van der Waals surface area contributed by atoms with Crippen LogP contribution in [-0.2, 0) is 4.79 Å². The summed E-state index contributed by atoms with van der Waals surface area (Å²) in [6, 6.07) is 11.5. The van der Waals surface area contributed by atoms with E-state index in [4.69, 9.17) is 21.1 Å². The lowest BCUT2D eigenvalue weighted by atomic mass is 10.0. The summed E-state index contributed by atoms with van der Waals surface area (Å²) in [5.41, 5.74) is 2.75. The summed E-state index contributed by atoms with van der Waals surface area (Å²) in [6.07, 6.45) is 2.01. The molecule has 1 aliphatic heterocycles. The number of nitrogens with one attached hydrogen (secondary N) is 1. The van der Waals surface area contributed by atoms with Crippen LogP contribution >= 0.6 is 11.6 Å². The predicted octanol–water partition coefficient (Wildman–Crippen LogP) is 4.44. The smallest absolute Gasteiger partial charge is 0.238 e. The fourth-order valence-electron chi connectivity index (χ4n) is 3.56. The van der Waals surface area contributed by atoms with E-state index in [0.29, 0.717) is 17.3 Å². The third kappa shape index (κ3) is 4.54. The Kier molecular flexibility index (Phi) is 6.24. The number of benzene rings is 2. The number of likely N-dealkylation sites (tertiary alicyclic amines) is 1. The highest BCUT2D eigenvalue weighted by molar-refractivity contribution is 6.33. The molecule has 0 unspecified atom stereocenters. The van der Waals surface area contributed by atoms with Crippen LogP contribution in [0.15, 0.2) is 36.4 Å². The van der Waals surface area contributed by atoms with Crippen molar-refractivity contribution in [3.63, 3.8) is 0 Å². The number of carbonyl (C=O) groups is 1. The van der Waals surface area contributed by atoms with Gasteiger partial charge in [-0.3, -0.25) is 9.69 Å². The number of halogens is 1. The molecular weight excluding hydrogens is 364 g/mol. The number of methoxy groups -OCH3 is 2. The summed E-state index contributed by atoms with van der Waals surface area (Å²) in [7, 11) is 3.31. The molecule has 6 heteroatoms. The summed E-state index contributed by atoms with van der Waals surface area (Å²) in [5, 5.41) is 3.47. The molecule has 1 fully saturated rings. The number of carbonyl (C=O) groups excluding carboxylic acids is 1. The molecule has 5 nitrogen and oxygen atoms in total. The summed E-state index contributed by atoms with van der Waals surface area (Å²) >= 11 is 6.23. The second-order valence-electron chi connectivity index (χ2n) is 6.77. The Morgan fingerprint density at radius 1 is 1.22 bits per heavy atom. The van der Waals surface area contributed by atoms with Crippen molar-refractivity contribution >= 4 is 23.2 Å². The van der Waals surface area contributed by atoms with Gasteiger partial charge in [-0.25, -0.2) is 0 Å². The van der Waals surface area contributed by atoms with Crippen LogP contribution in [0.5, 0.6) is 11.5 Å². The number of rotatable bonds is 6. The van der Waals surface area contributed by atoms with Crippen LogP contribution in [0.4, 0.5) is 5.69 Å². The molecule has 1 saturated heterocycles. The number of amides is 1. The van der Waals surface area contributed by atoms with E-state index < -0.39 is 0 Å². The van der Waals surface area contributed by atoms with Gasteiger partial charge in [-0.05, 0) is 62.2 Å². The van der Waals surface area contributed by atoms with Crippen molar-refractivity contribution in [3.05, 3.63) is 52.5 Å². The average Bonchev–Trinajstić information content (AvgIpc) is 3.11. The number of anilines is 1. The molecule has 1 amide bonds. The highest BCUT2D eigenvalue weighted by atomic mass is 35.5. The van der Waals surface area contributed by atoms with Gasteiger partial charge in [-0.2, -0.15) is 0 Å². The zero-order chi connectivity index (χ0) is 19.4. The largest absolute Gasteiger partial charge is 0.497 e. The quantitative estimate of drug-likeness (QED) is 0.794. The number of hydrogen-bond donors (Lipinski definition) is 1. The van der Waals surface area contributed by atoms with Gasteiger partial charge in [0.2, 0.25) is 5.91 Å². The fraction of sp³-hybridized carbons (Fsp3) is 0.381. The SMILES string of the molecule is COc1ccc(OC)c([C@H]2CCCN2CC(=O)Nc2ccc(C)cc2Cl)c1. The van der Waals surface area contributed by atoms with Crippen LogP contribution in [0.3, 0.4) is 0 Å². The Hall–Kier alpha value is -2.24. The molecule has 0 radical (unpaired) electrons. The van der Waals surface area contributed by atoms with Crippen molar-refractivity contribution in [1.29, 1.82) is 0 Å². The molecule has 27 heavy (non-hydrogen) atoms. The van der Waals surface area contributed by atoms with Gasteiger partial charge in [0.25, 0.3) is 0 Å². The van der Waals surface area contributed by atoms with Gasteiger partial charge in [-0.15, -0.1) is 0 Å². The molecule has 1 heterocycles. The first-order valence-electron chi connectivity index (χ1n) is 9.04. The zero-order valence-electron chi connectivity index (χ0n) is 15.9. The van der Waals surface area contributed by atoms with Crippen LogP contribution in [0.2, 0.25) is 5.02 Å². The Balaban J connectivity index is 1.74. The molecule has 3 rings (SSSR count). The molecule has 2 aromatic carbocycles. The number of hydrogen-bond acceptors (Lipinski definition) is 4. The molecule has 1 N–H and O–H groups in total. The Bertz CT molecular complexity index is 825. The van der Waals surface area contributed by atoms with Crippen LogP contribution < -0.4 is 14.8 Å². The third-order valence-electron chi connectivity index (χ3n) is 4.90. The summed E-state index contributed by atoms with van der Waals surface area (Å²) in [5.74, 6) is 1.53. The normalized spacial score (nSPS) is 17.0. The van der Waals surface area contributed by atoms with E-state index in [9.17, 15) is 4.79 Å². The predicted molar refractivity (Wildman–Crippen MR) is 108 cm³/mol. The van der Waals surface area contributed by atoms with Crippen LogP contribution in [0.25, 0.3) is 0 Å². The first kappa shape index (κ1) is 19.5. The van der Waals surface area contributed by atoms with E-state index in [-0.39, 0.29) is 11.9 Å². The molecule has 0 bridgehead atoms. The summed E-state index contributed by atoms with van der Waals surface area (Å²) in [4.78, 5) is 14.8. The van der Waals surface area contributed by atoms with E-state index in [1.807, 2.05) is 43.3 Å². The average molecular weight is 389 g/mol. The monoisotopic (exact) mass is 388 g/mol. The number of aryl methyl sites for hydroxylation is 1. The molecule has 144 valence electrons. The van der Waals surface area contributed by atoms with Crippen molar-refractivity contribution in [2.75, 3.05) is 32.6 Å². The van der Waals surface area contributed by atoms with Crippen LogP contribution in [0, 0.1) is 6.92 Å². The maximum atomic E-state index is 12.6. The van der Waals surface area contributed by atoms with Gasteiger partial charge in [0.05, 0.1) is 31.5 Å². The molecule has 2 aromatic rings. The lowest BCUT2D eigenvalue weighted by Crippen LogP contribution is -2.33. The van der Waals surface area contributed by atoms with Gasteiger partial charge >= 0.3 is 0 Å². The van der Waals surface area contributed by atoms with E-state index >= 15 is 0 Å². The van der Waals surface area contributed by atoms with Crippen molar-refractivity contribution in [2.45, 2.75) is 25.8 Å². The van der Waals surface area contributed by atoms with Gasteiger partial charge in [-0.1, -0.05) is 17.7 Å². The maximum absolute atomic E-state index is 12.6. The number of ether oxygens (including phenoxy) is 2. The summed E-state index contributed by atoms with van der Waals surface area (Å²) < 4.78 is 10.9. The molecular formula is C21H25ClN2O3. The molecule has 0 aliphatic carbocycles. The Labute approximate surface area is 165 Å². The van der Waals surface area contributed by atoms with Crippen LogP contribution in [0.1, 0.15) is 30.0 Å². The van der Waals surface area contributed by atoms with Gasteiger partial charge in [0, 0.05) is 11.6 Å². The van der Waals surface area contributed by atoms with Crippen molar-refractivity contribution in [3.8, 4) is 11.5 Å². The standard InChI is InChI=1S/C21H25ClN2O3/c1-14-6-8-18(17(22)11-14)23-21(25)13-24-10-4-5-19(24)16-12-15(26-2)7-9-20(16)27-3/h6-9,11-12,19H,4-5,10,13H2,1-3H3,(H,23,25)/t19-/m1/s1. The Morgan fingerprint density at radius 3 is 2.74 bits per heavy atom. The minimum Gasteiger partial charge on any atom is -0.497 e. The van der Waals surface area contributed by atoms with E-state index in [1.165, 1.54) is 0 Å². The first-order chi connectivity index (χ1) is 13.0. The van der Waals surface area contributed by atoms with Crippen molar-refractivity contribution < 1.29 is 14.3 Å². The molecule has 1 aliphatic rings. The topological polar surface area (TPSA) is 50.8 Å². The minimum absolute atomic E-state index is 0.0745. The molecule has 0 saturated carbocycles. The molecule has 0 spiro atoms. The lowest BCUT2D eigenvalue weighted by Gasteiger charge is -2.26. The van der Waals surface area contributed by atoms with E-state index in [2.05, 4.69) is 10.2 Å². The molecule has 1 atom stereocenters. The van der Waals surface area contributed by atoms with Gasteiger partial charge in [0.15, 0.2) is 0 Å². The third-order valence-corrected chi connectivity index (χ3v) is 5.22. The van der Waals surface area contributed by atoms with Crippen LogP contribution in [-0.4, -0.2) is 38.1 Å². The Morgan fingerprint density at radius 2 is 2.04 bits per heavy atom. The van der Waals surface area contributed by atoms with Gasteiger partial charge in [0.1, 0.15) is 11.5 Å². The molecule has 0 aromatic heterocycles. The minimum atomic E-state index is -0.0745. The second kappa shape index (κ2) is 8.63. The van der Waals surface area contributed by atoms with Gasteiger partial charge < -0.3 is 14.8 Å². The van der Waals surface area contributed by atoms with Crippen molar-refractivity contribution in [1.82, 2.24) is 4.90 Å². The second-order valence-corrected chi connectivity index (χ2v) is 7.18. The highest BCUT2D eigenvalue weighted by Gasteiger charge is 2.30. The van der Waals surface area contributed by atoms with Crippen molar-refractivity contribution in [2.24, 2.45) is 0 Å². The number of nitrogens with zero attached hydrogens (tertiary/aromatic N) is 1. The zero-order valence-corrected chi connectivity index (χ0v) is 16.7. The summed E-state index contributed by atoms with van der Waals surface area (Å²) in [6.45, 7) is 3.13. The van der Waals surface area contributed by atoms with E-state index in [1.54, 1.807) is 14.2 Å². The van der Waals surface area contributed by atoms with E-state index in [0.717, 1.165) is 42.0 Å².